The second-order valence-electron chi connectivity index (χ2n) is 6.28. The minimum atomic E-state index is -3.39. The highest BCUT2D eigenvalue weighted by Gasteiger charge is 2.29. The first kappa shape index (κ1) is 17.0. The molecule has 0 heterocycles. The standard InChI is InChI=1S/C17H24O4S/c1-5-12-9-14(13-7-6-11(2)8-13)16(22(4,19)20)10-15(12)17(18)21-3/h9-11,13H,5-8H2,1-4H3. The Morgan fingerprint density at radius 3 is 2.45 bits per heavy atom. The van der Waals surface area contributed by atoms with Crippen LogP contribution in [-0.2, 0) is 21.0 Å². The van der Waals surface area contributed by atoms with Gasteiger partial charge in [0.15, 0.2) is 9.84 Å². The molecule has 1 aliphatic rings. The Morgan fingerprint density at radius 1 is 1.32 bits per heavy atom. The van der Waals surface area contributed by atoms with Crippen LogP contribution in [0.4, 0.5) is 0 Å². The van der Waals surface area contributed by atoms with E-state index in [1.54, 1.807) is 0 Å². The lowest BCUT2D eigenvalue weighted by Crippen LogP contribution is -2.12. The quantitative estimate of drug-likeness (QED) is 0.797. The van der Waals surface area contributed by atoms with E-state index in [2.05, 4.69) is 6.92 Å². The zero-order chi connectivity index (χ0) is 16.5. The Hall–Kier alpha value is -1.36. The predicted molar refractivity (Wildman–Crippen MR) is 86.0 cm³/mol. The highest BCUT2D eigenvalue weighted by Crippen LogP contribution is 2.41. The zero-order valence-corrected chi connectivity index (χ0v) is 14.5. The van der Waals surface area contributed by atoms with Crippen LogP contribution in [0.2, 0.25) is 0 Å². The van der Waals surface area contributed by atoms with Crippen molar-refractivity contribution in [3.8, 4) is 0 Å². The van der Waals surface area contributed by atoms with Gasteiger partial charge in [0, 0.05) is 6.26 Å². The molecule has 1 aliphatic carbocycles. The molecule has 1 fully saturated rings. The van der Waals surface area contributed by atoms with E-state index in [-0.39, 0.29) is 10.8 Å². The second-order valence-corrected chi connectivity index (χ2v) is 8.26. The third kappa shape index (κ3) is 3.35. The van der Waals surface area contributed by atoms with Crippen molar-refractivity contribution >= 4 is 15.8 Å². The Bertz CT molecular complexity index is 676. The largest absolute Gasteiger partial charge is 0.465 e. The maximum Gasteiger partial charge on any atom is 0.338 e. The van der Waals surface area contributed by atoms with Gasteiger partial charge >= 0.3 is 5.97 Å². The van der Waals surface area contributed by atoms with Crippen molar-refractivity contribution in [1.82, 2.24) is 0 Å². The average molecular weight is 324 g/mol. The minimum Gasteiger partial charge on any atom is -0.465 e. The summed E-state index contributed by atoms with van der Waals surface area (Å²) in [6.07, 6.45) is 5.00. The van der Waals surface area contributed by atoms with E-state index in [9.17, 15) is 13.2 Å². The van der Waals surface area contributed by atoms with Gasteiger partial charge in [-0.2, -0.15) is 0 Å². The van der Waals surface area contributed by atoms with E-state index in [0.717, 1.165) is 30.4 Å². The maximum absolute atomic E-state index is 12.2. The topological polar surface area (TPSA) is 60.4 Å². The van der Waals surface area contributed by atoms with Gasteiger partial charge in [0.05, 0.1) is 17.6 Å². The molecule has 2 unspecified atom stereocenters. The maximum atomic E-state index is 12.2. The number of carbonyl (C=O) groups excluding carboxylic acids is 1. The van der Waals surface area contributed by atoms with Crippen LogP contribution < -0.4 is 0 Å². The molecule has 0 saturated heterocycles. The molecule has 0 aliphatic heterocycles. The van der Waals surface area contributed by atoms with Gasteiger partial charge in [-0.3, -0.25) is 0 Å². The Morgan fingerprint density at radius 2 is 2.00 bits per heavy atom. The highest BCUT2D eigenvalue weighted by atomic mass is 32.2. The number of ether oxygens (including phenoxy) is 1. The number of esters is 1. The summed E-state index contributed by atoms with van der Waals surface area (Å²) >= 11 is 0. The molecular weight excluding hydrogens is 300 g/mol. The van der Waals surface area contributed by atoms with E-state index in [4.69, 9.17) is 4.74 Å². The van der Waals surface area contributed by atoms with Gasteiger partial charge in [-0.15, -0.1) is 0 Å². The number of hydrogen-bond donors (Lipinski definition) is 0. The van der Waals surface area contributed by atoms with E-state index in [1.807, 2.05) is 13.0 Å². The van der Waals surface area contributed by atoms with Crippen molar-refractivity contribution < 1.29 is 17.9 Å². The summed E-state index contributed by atoms with van der Waals surface area (Å²) in [6.45, 7) is 4.16. The number of hydrogen-bond acceptors (Lipinski definition) is 4. The molecule has 0 spiro atoms. The highest BCUT2D eigenvalue weighted by molar-refractivity contribution is 7.90. The predicted octanol–water partition coefficient (Wildman–Crippen LogP) is 3.34. The van der Waals surface area contributed by atoms with Crippen LogP contribution in [0, 0.1) is 5.92 Å². The molecule has 22 heavy (non-hydrogen) atoms. The Balaban J connectivity index is 2.64. The molecule has 4 nitrogen and oxygen atoms in total. The van der Waals surface area contributed by atoms with Gasteiger partial charge in [-0.25, -0.2) is 13.2 Å². The summed E-state index contributed by atoms with van der Waals surface area (Å²) < 4.78 is 29.2. The van der Waals surface area contributed by atoms with Gasteiger partial charge in [0.2, 0.25) is 0 Å². The molecular formula is C17H24O4S. The monoisotopic (exact) mass is 324 g/mol. The molecule has 2 atom stereocenters. The molecule has 0 aromatic heterocycles. The van der Waals surface area contributed by atoms with Gasteiger partial charge in [0.1, 0.15) is 0 Å². The summed E-state index contributed by atoms with van der Waals surface area (Å²) in [5, 5.41) is 0. The SMILES string of the molecule is CCc1cc(C2CCC(C)C2)c(S(C)(=O)=O)cc1C(=O)OC. The molecule has 1 saturated carbocycles. The summed E-state index contributed by atoms with van der Waals surface area (Å²) in [7, 11) is -2.07. The van der Waals surface area contributed by atoms with Crippen LogP contribution in [0.3, 0.4) is 0 Å². The van der Waals surface area contributed by atoms with Crippen molar-refractivity contribution in [2.45, 2.75) is 50.3 Å². The fourth-order valence-electron chi connectivity index (χ4n) is 3.37. The molecule has 0 amide bonds. The van der Waals surface area contributed by atoms with Gasteiger partial charge in [-0.05, 0) is 48.3 Å². The van der Waals surface area contributed by atoms with Crippen molar-refractivity contribution in [3.05, 3.63) is 28.8 Å². The number of sulfone groups is 1. The lowest BCUT2D eigenvalue weighted by molar-refractivity contribution is 0.0599. The third-order valence-electron chi connectivity index (χ3n) is 4.56. The smallest absolute Gasteiger partial charge is 0.338 e. The lowest BCUT2D eigenvalue weighted by Gasteiger charge is -2.18. The first-order chi connectivity index (χ1) is 10.3. The van der Waals surface area contributed by atoms with E-state index < -0.39 is 15.8 Å². The zero-order valence-electron chi connectivity index (χ0n) is 13.7. The van der Waals surface area contributed by atoms with Crippen molar-refractivity contribution in [2.24, 2.45) is 5.92 Å². The summed E-state index contributed by atoms with van der Waals surface area (Å²) in [4.78, 5) is 12.2. The Kier molecular flexibility index (Phi) is 4.95. The minimum absolute atomic E-state index is 0.261. The van der Waals surface area contributed by atoms with E-state index >= 15 is 0 Å². The average Bonchev–Trinajstić information content (AvgIpc) is 2.90. The number of aryl methyl sites for hydroxylation is 1. The molecule has 0 bridgehead atoms. The van der Waals surface area contributed by atoms with E-state index in [0.29, 0.717) is 17.9 Å². The first-order valence-corrected chi connectivity index (χ1v) is 9.62. The molecule has 122 valence electrons. The molecule has 2 rings (SSSR count). The van der Waals surface area contributed by atoms with Gasteiger partial charge in [0.25, 0.3) is 0 Å². The molecule has 0 radical (unpaired) electrons. The van der Waals surface area contributed by atoms with Crippen molar-refractivity contribution in [3.63, 3.8) is 0 Å². The third-order valence-corrected chi connectivity index (χ3v) is 5.71. The molecule has 1 aromatic carbocycles. The number of methoxy groups -OCH3 is 1. The molecule has 5 heteroatoms. The van der Waals surface area contributed by atoms with Crippen LogP contribution in [0.5, 0.6) is 0 Å². The van der Waals surface area contributed by atoms with Gasteiger partial charge in [-0.1, -0.05) is 26.3 Å². The number of carbonyl (C=O) groups is 1. The summed E-state index contributed by atoms with van der Waals surface area (Å²) in [5.74, 6) is 0.396. The van der Waals surface area contributed by atoms with Crippen LogP contribution in [0.15, 0.2) is 17.0 Å². The Labute approximate surface area is 132 Å². The van der Waals surface area contributed by atoms with Crippen LogP contribution >= 0.6 is 0 Å². The normalized spacial score (nSPS) is 21.8. The van der Waals surface area contributed by atoms with Crippen molar-refractivity contribution in [1.29, 1.82) is 0 Å². The lowest BCUT2D eigenvalue weighted by atomic mass is 9.92. The molecule has 1 aromatic rings. The second kappa shape index (κ2) is 6.41. The van der Waals surface area contributed by atoms with Crippen molar-refractivity contribution in [2.75, 3.05) is 13.4 Å². The number of benzene rings is 1. The van der Waals surface area contributed by atoms with Crippen LogP contribution in [-0.4, -0.2) is 27.8 Å². The summed E-state index contributed by atoms with van der Waals surface area (Å²) in [5.41, 5.74) is 2.09. The van der Waals surface area contributed by atoms with Crippen LogP contribution in [0.25, 0.3) is 0 Å². The summed E-state index contributed by atoms with van der Waals surface area (Å²) in [6, 6.07) is 3.42. The first-order valence-electron chi connectivity index (χ1n) is 7.73. The van der Waals surface area contributed by atoms with E-state index in [1.165, 1.54) is 19.4 Å². The molecule has 0 N–H and O–H groups in total. The van der Waals surface area contributed by atoms with Gasteiger partial charge < -0.3 is 4.74 Å². The fraction of sp³-hybridized carbons (Fsp3) is 0.588. The fourth-order valence-corrected chi connectivity index (χ4v) is 4.35. The number of rotatable bonds is 4. The van der Waals surface area contributed by atoms with Crippen LogP contribution in [0.1, 0.15) is 60.5 Å².